The number of amidine groups is 1. The summed E-state index contributed by atoms with van der Waals surface area (Å²) in [5, 5.41) is 14.0. The zero-order valence-electron chi connectivity index (χ0n) is 14.2. The SMILES string of the molecule is Cc1occc1C(=O)NC(=N)c1ccccc1NCc1ccc(F)cc1. The highest BCUT2D eigenvalue weighted by molar-refractivity contribution is 6.13. The van der Waals surface area contributed by atoms with Crippen LogP contribution in [0.15, 0.2) is 65.3 Å². The monoisotopic (exact) mass is 351 g/mol. The van der Waals surface area contributed by atoms with Crippen molar-refractivity contribution < 1.29 is 13.6 Å². The maximum Gasteiger partial charge on any atom is 0.260 e. The molecule has 0 spiro atoms. The van der Waals surface area contributed by atoms with Gasteiger partial charge in [-0.2, -0.15) is 0 Å². The molecule has 1 heterocycles. The van der Waals surface area contributed by atoms with Crippen molar-refractivity contribution in [1.29, 1.82) is 5.41 Å². The van der Waals surface area contributed by atoms with E-state index in [0.717, 1.165) is 5.56 Å². The molecule has 2 aromatic carbocycles. The van der Waals surface area contributed by atoms with E-state index in [0.29, 0.717) is 29.1 Å². The molecular formula is C20H18FN3O2. The van der Waals surface area contributed by atoms with Crippen molar-refractivity contribution in [2.45, 2.75) is 13.5 Å². The highest BCUT2D eigenvalue weighted by Gasteiger charge is 2.15. The highest BCUT2D eigenvalue weighted by atomic mass is 19.1. The van der Waals surface area contributed by atoms with Gasteiger partial charge in [-0.3, -0.25) is 10.2 Å². The highest BCUT2D eigenvalue weighted by Crippen LogP contribution is 2.17. The first kappa shape index (κ1) is 17.4. The van der Waals surface area contributed by atoms with E-state index >= 15 is 0 Å². The number of anilines is 1. The second kappa shape index (κ2) is 7.65. The van der Waals surface area contributed by atoms with Gasteiger partial charge in [0.2, 0.25) is 0 Å². The largest absolute Gasteiger partial charge is 0.469 e. The van der Waals surface area contributed by atoms with Gasteiger partial charge >= 0.3 is 0 Å². The summed E-state index contributed by atoms with van der Waals surface area (Å²) in [7, 11) is 0. The lowest BCUT2D eigenvalue weighted by atomic mass is 10.1. The zero-order valence-corrected chi connectivity index (χ0v) is 14.2. The van der Waals surface area contributed by atoms with Crippen LogP contribution >= 0.6 is 0 Å². The summed E-state index contributed by atoms with van der Waals surface area (Å²) in [4.78, 5) is 12.3. The van der Waals surface area contributed by atoms with Crippen LogP contribution in [0, 0.1) is 18.2 Å². The number of amides is 1. The number of hydrogen-bond donors (Lipinski definition) is 3. The van der Waals surface area contributed by atoms with Crippen LogP contribution in [0.1, 0.15) is 27.2 Å². The van der Waals surface area contributed by atoms with Crippen molar-refractivity contribution in [2.24, 2.45) is 0 Å². The van der Waals surface area contributed by atoms with Crippen LogP contribution in [-0.4, -0.2) is 11.7 Å². The first-order valence-corrected chi connectivity index (χ1v) is 8.06. The summed E-state index contributed by atoms with van der Waals surface area (Å²) in [6.07, 6.45) is 1.44. The Hall–Kier alpha value is -3.41. The molecule has 1 aromatic heterocycles. The first-order valence-electron chi connectivity index (χ1n) is 8.06. The van der Waals surface area contributed by atoms with Crippen LogP contribution in [0.2, 0.25) is 0 Å². The predicted molar refractivity (Wildman–Crippen MR) is 97.9 cm³/mol. The molecule has 5 nitrogen and oxygen atoms in total. The van der Waals surface area contributed by atoms with Gasteiger partial charge in [0.25, 0.3) is 5.91 Å². The Labute approximate surface area is 150 Å². The molecular weight excluding hydrogens is 333 g/mol. The summed E-state index contributed by atoms with van der Waals surface area (Å²) < 4.78 is 18.1. The minimum atomic E-state index is -0.394. The molecule has 0 fully saturated rings. The molecule has 6 heteroatoms. The number of benzene rings is 2. The van der Waals surface area contributed by atoms with Gasteiger partial charge in [0.1, 0.15) is 17.4 Å². The third-order valence-corrected chi connectivity index (χ3v) is 3.93. The molecule has 0 atom stereocenters. The minimum Gasteiger partial charge on any atom is -0.469 e. The third-order valence-electron chi connectivity index (χ3n) is 3.93. The van der Waals surface area contributed by atoms with Gasteiger partial charge < -0.3 is 15.1 Å². The van der Waals surface area contributed by atoms with Gasteiger partial charge in [-0.25, -0.2) is 4.39 Å². The van der Waals surface area contributed by atoms with E-state index in [4.69, 9.17) is 9.83 Å². The smallest absolute Gasteiger partial charge is 0.260 e. The fourth-order valence-electron chi connectivity index (χ4n) is 2.52. The molecule has 0 bridgehead atoms. The summed E-state index contributed by atoms with van der Waals surface area (Å²) in [5.41, 5.74) is 2.56. The van der Waals surface area contributed by atoms with Gasteiger partial charge in [-0.1, -0.05) is 24.3 Å². The van der Waals surface area contributed by atoms with Crippen LogP contribution in [0.5, 0.6) is 0 Å². The Morgan fingerprint density at radius 2 is 1.81 bits per heavy atom. The molecule has 0 aliphatic heterocycles. The Morgan fingerprint density at radius 1 is 1.08 bits per heavy atom. The van der Waals surface area contributed by atoms with Crippen molar-refractivity contribution in [1.82, 2.24) is 5.32 Å². The first-order chi connectivity index (χ1) is 12.5. The van der Waals surface area contributed by atoms with E-state index in [1.165, 1.54) is 18.4 Å². The van der Waals surface area contributed by atoms with Crippen molar-refractivity contribution in [3.8, 4) is 0 Å². The molecule has 0 unspecified atom stereocenters. The van der Waals surface area contributed by atoms with Gasteiger partial charge in [0.15, 0.2) is 0 Å². The minimum absolute atomic E-state index is 0.0159. The molecule has 0 saturated carbocycles. The maximum absolute atomic E-state index is 13.0. The molecule has 0 saturated heterocycles. The van der Waals surface area contributed by atoms with Crippen LogP contribution in [-0.2, 0) is 6.54 Å². The standard InChI is InChI=1S/C20H18FN3O2/c1-13-16(10-11-26-13)20(25)24-19(22)17-4-2-3-5-18(17)23-12-14-6-8-15(21)9-7-14/h2-11,23H,12H2,1H3,(H2,22,24,25). The molecule has 3 aromatic rings. The van der Waals surface area contributed by atoms with Crippen LogP contribution in [0.3, 0.4) is 0 Å². The van der Waals surface area contributed by atoms with E-state index in [2.05, 4.69) is 10.6 Å². The Balaban J connectivity index is 1.71. The van der Waals surface area contributed by atoms with Crippen LogP contribution in [0.4, 0.5) is 10.1 Å². The zero-order chi connectivity index (χ0) is 18.5. The van der Waals surface area contributed by atoms with Gasteiger partial charge in [0.05, 0.1) is 11.8 Å². The summed E-state index contributed by atoms with van der Waals surface area (Å²) in [6.45, 7) is 2.16. The van der Waals surface area contributed by atoms with E-state index in [1.807, 2.05) is 12.1 Å². The fraction of sp³-hybridized carbons (Fsp3) is 0.100. The Kier molecular flexibility index (Phi) is 5.12. The predicted octanol–water partition coefficient (Wildman–Crippen LogP) is 4.09. The number of carbonyl (C=O) groups excluding carboxylic acids is 1. The number of rotatable bonds is 5. The Bertz CT molecular complexity index is 932. The molecule has 132 valence electrons. The van der Waals surface area contributed by atoms with Crippen LogP contribution < -0.4 is 10.6 Å². The molecule has 1 amide bonds. The summed E-state index contributed by atoms with van der Waals surface area (Å²) in [5.74, 6) is -0.196. The maximum atomic E-state index is 13.0. The van der Waals surface area contributed by atoms with E-state index in [-0.39, 0.29) is 11.7 Å². The second-order valence-corrected chi connectivity index (χ2v) is 5.75. The van der Waals surface area contributed by atoms with Crippen LogP contribution in [0.25, 0.3) is 0 Å². The quantitative estimate of drug-likeness (QED) is 0.478. The van der Waals surface area contributed by atoms with Crippen molar-refractivity contribution in [2.75, 3.05) is 5.32 Å². The fourth-order valence-corrected chi connectivity index (χ4v) is 2.52. The van der Waals surface area contributed by atoms with Gasteiger partial charge in [-0.05, 0) is 42.8 Å². The number of nitrogens with one attached hydrogen (secondary N) is 3. The van der Waals surface area contributed by atoms with Crippen molar-refractivity contribution >= 4 is 17.4 Å². The molecule has 26 heavy (non-hydrogen) atoms. The number of aryl methyl sites for hydroxylation is 1. The lowest BCUT2D eigenvalue weighted by Crippen LogP contribution is -2.31. The van der Waals surface area contributed by atoms with E-state index < -0.39 is 5.91 Å². The summed E-state index contributed by atoms with van der Waals surface area (Å²) in [6, 6.07) is 15.0. The van der Waals surface area contributed by atoms with Gasteiger partial charge in [0, 0.05) is 17.8 Å². The molecule has 0 radical (unpaired) electrons. The lowest BCUT2D eigenvalue weighted by Gasteiger charge is -2.13. The number of halogens is 1. The van der Waals surface area contributed by atoms with E-state index in [1.54, 1.807) is 37.3 Å². The van der Waals surface area contributed by atoms with E-state index in [9.17, 15) is 9.18 Å². The number of hydrogen-bond acceptors (Lipinski definition) is 4. The molecule has 3 rings (SSSR count). The van der Waals surface area contributed by atoms with Crippen molar-refractivity contribution in [3.05, 3.63) is 89.1 Å². The number of furan rings is 1. The third kappa shape index (κ3) is 3.97. The normalized spacial score (nSPS) is 10.4. The molecule has 3 N–H and O–H groups in total. The topological polar surface area (TPSA) is 78.1 Å². The Morgan fingerprint density at radius 3 is 2.50 bits per heavy atom. The number of carbonyl (C=O) groups is 1. The lowest BCUT2D eigenvalue weighted by molar-refractivity contribution is 0.0975. The van der Waals surface area contributed by atoms with Gasteiger partial charge in [-0.15, -0.1) is 0 Å². The number of para-hydroxylation sites is 1. The molecule has 0 aliphatic carbocycles. The average Bonchev–Trinajstić information content (AvgIpc) is 3.07. The van der Waals surface area contributed by atoms with Crippen molar-refractivity contribution in [3.63, 3.8) is 0 Å². The second-order valence-electron chi connectivity index (χ2n) is 5.75. The summed E-state index contributed by atoms with van der Waals surface area (Å²) >= 11 is 0. The molecule has 0 aliphatic rings. The average molecular weight is 351 g/mol.